The minimum atomic E-state index is -0.588. The molecule has 4 heteroatoms. The predicted molar refractivity (Wildman–Crippen MR) is 70.4 cm³/mol. The first kappa shape index (κ1) is 13.6. The van der Waals surface area contributed by atoms with Crippen LogP contribution in [0.25, 0.3) is 0 Å². The lowest BCUT2D eigenvalue weighted by Gasteiger charge is -2.29. The maximum Gasteiger partial charge on any atom is 0.157 e. The summed E-state index contributed by atoms with van der Waals surface area (Å²) in [5.74, 6) is 0.734. The van der Waals surface area contributed by atoms with Gasteiger partial charge in [0.05, 0.1) is 12.2 Å². The lowest BCUT2D eigenvalue weighted by Crippen LogP contribution is -2.31. The van der Waals surface area contributed by atoms with E-state index in [-0.39, 0.29) is 18.5 Å². The number of aliphatic hydroxyl groups excluding tert-OH is 1. The highest BCUT2D eigenvalue weighted by Crippen LogP contribution is 2.45. The van der Waals surface area contributed by atoms with Crippen LogP contribution in [0.4, 0.5) is 0 Å². The third kappa shape index (κ3) is 2.87. The van der Waals surface area contributed by atoms with E-state index in [1.807, 2.05) is 6.92 Å². The fraction of sp³-hybridized carbons (Fsp3) is 0.867. The van der Waals surface area contributed by atoms with Gasteiger partial charge in [0.25, 0.3) is 0 Å². The molecule has 0 aromatic heterocycles. The third-order valence-corrected chi connectivity index (χ3v) is 4.55. The van der Waals surface area contributed by atoms with Gasteiger partial charge >= 0.3 is 0 Å². The Bertz CT molecular complexity index is 324. The number of hydrogen-bond donors (Lipinski definition) is 1. The number of fused-ring (bicyclic) bond motifs is 1. The van der Waals surface area contributed by atoms with Crippen molar-refractivity contribution in [2.45, 2.75) is 63.8 Å². The Hall–Kier alpha value is -0.420. The zero-order chi connectivity index (χ0) is 13.2. The molecule has 2 saturated heterocycles. The van der Waals surface area contributed by atoms with Crippen LogP contribution in [0.5, 0.6) is 0 Å². The van der Waals surface area contributed by atoms with E-state index in [0.717, 1.165) is 32.3 Å². The minimum Gasteiger partial charge on any atom is -0.368 e. The summed E-state index contributed by atoms with van der Waals surface area (Å²) < 4.78 is 17.4. The highest BCUT2D eigenvalue weighted by Gasteiger charge is 2.49. The fourth-order valence-corrected chi connectivity index (χ4v) is 3.69. The average Bonchev–Trinajstić information content (AvgIpc) is 2.90. The molecule has 2 unspecified atom stereocenters. The van der Waals surface area contributed by atoms with Crippen molar-refractivity contribution in [1.29, 1.82) is 0 Å². The van der Waals surface area contributed by atoms with Gasteiger partial charge in [-0.15, -0.1) is 0 Å². The van der Waals surface area contributed by atoms with Gasteiger partial charge in [0.1, 0.15) is 0 Å². The molecule has 1 N–H and O–H groups in total. The molecule has 4 nitrogen and oxygen atoms in total. The third-order valence-electron chi connectivity index (χ3n) is 4.55. The first-order chi connectivity index (χ1) is 9.28. The van der Waals surface area contributed by atoms with Crippen molar-refractivity contribution in [1.82, 2.24) is 0 Å². The Morgan fingerprint density at radius 3 is 2.89 bits per heavy atom. The van der Waals surface area contributed by atoms with Gasteiger partial charge in [-0.3, -0.25) is 0 Å². The van der Waals surface area contributed by atoms with Crippen molar-refractivity contribution < 1.29 is 19.3 Å². The lowest BCUT2D eigenvalue weighted by molar-refractivity contribution is -0.196. The molecule has 0 amide bonds. The van der Waals surface area contributed by atoms with Crippen LogP contribution < -0.4 is 0 Å². The molecule has 6 atom stereocenters. The Kier molecular flexibility index (Phi) is 4.22. The quantitative estimate of drug-likeness (QED) is 0.797. The molecule has 0 aromatic carbocycles. The molecule has 3 aliphatic rings. The van der Waals surface area contributed by atoms with E-state index < -0.39 is 6.29 Å². The molecular formula is C15H24O4. The molecule has 108 valence electrons. The normalized spacial score (nSPS) is 46.8. The summed E-state index contributed by atoms with van der Waals surface area (Å²) in [5.41, 5.74) is 0. The van der Waals surface area contributed by atoms with Gasteiger partial charge in [-0.25, -0.2) is 0 Å². The SMILES string of the molecule is C/C=C\[C@@H]1[C@H]2CC(O)O[C@H]2C[C@H]1OC1CCCCO1. The summed E-state index contributed by atoms with van der Waals surface area (Å²) >= 11 is 0. The van der Waals surface area contributed by atoms with Crippen LogP contribution in [0, 0.1) is 11.8 Å². The van der Waals surface area contributed by atoms with Gasteiger partial charge in [0.2, 0.25) is 0 Å². The largest absolute Gasteiger partial charge is 0.368 e. The number of aliphatic hydroxyl groups is 1. The Balaban J connectivity index is 1.64. The molecular weight excluding hydrogens is 244 g/mol. The zero-order valence-electron chi connectivity index (χ0n) is 11.5. The fourth-order valence-electron chi connectivity index (χ4n) is 3.69. The smallest absolute Gasteiger partial charge is 0.157 e. The minimum absolute atomic E-state index is 0.0461. The van der Waals surface area contributed by atoms with Crippen LogP contribution in [0.15, 0.2) is 12.2 Å². The van der Waals surface area contributed by atoms with E-state index in [1.54, 1.807) is 0 Å². The van der Waals surface area contributed by atoms with E-state index in [9.17, 15) is 5.11 Å². The second kappa shape index (κ2) is 5.92. The number of ether oxygens (including phenoxy) is 3. The van der Waals surface area contributed by atoms with E-state index >= 15 is 0 Å². The van der Waals surface area contributed by atoms with Gasteiger partial charge < -0.3 is 19.3 Å². The van der Waals surface area contributed by atoms with Crippen molar-refractivity contribution in [3.05, 3.63) is 12.2 Å². The predicted octanol–water partition coefficient (Wildman–Crippen LogP) is 2.22. The molecule has 1 aliphatic carbocycles. The summed E-state index contributed by atoms with van der Waals surface area (Å²) in [6, 6.07) is 0. The molecule has 3 fully saturated rings. The molecule has 0 aromatic rings. The monoisotopic (exact) mass is 268 g/mol. The van der Waals surface area contributed by atoms with E-state index in [2.05, 4.69) is 12.2 Å². The van der Waals surface area contributed by atoms with E-state index in [1.165, 1.54) is 6.42 Å². The van der Waals surface area contributed by atoms with Crippen molar-refractivity contribution >= 4 is 0 Å². The summed E-state index contributed by atoms with van der Waals surface area (Å²) in [5, 5.41) is 9.62. The van der Waals surface area contributed by atoms with Crippen molar-refractivity contribution in [2.24, 2.45) is 11.8 Å². The molecule has 0 spiro atoms. The summed E-state index contributed by atoms with van der Waals surface area (Å²) in [6.07, 6.45) is 8.89. The number of rotatable bonds is 3. The topological polar surface area (TPSA) is 47.9 Å². The van der Waals surface area contributed by atoms with Crippen LogP contribution in [0.1, 0.15) is 39.0 Å². The Morgan fingerprint density at radius 1 is 1.26 bits per heavy atom. The zero-order valence-corrected chi connectivity index (χ0v) is 11.5. The molecule has 2 aliphatic heterocycles. The average molecular weight is 268 g/mol. The lowest BCUT2D eigenvalue weighted by atomic mass is 9.91. The van der Waals surface area contributed by atoms with Crippen molar-refractivity contribution in [3.63, 3.8) is 0 Å². The van der Waals surface area contributed by atoms with Gasteiger partial charge in [-0.05, 0) is 32.1 Å². The standard InChI is InChI=1S/C15H24O4/c1-2-5-10-11-8-14(16)18-13(11)9-12(10)19-15-6-3-4-7-17-15/h2,5,10-16H,3-4,6-9H2,1H3/b5-2-/t10-,11-,12-,13+,14?,15?/m1/s1. The van der Waals surface area contributed by atoms with Gasteiger partial charge in [-0.2, -0.15) is 0 Å². The van der Waals surface area contributed by atoms with E-state index in [0.29, 0.717) is 11.8 Å². The summed E-state index contributed by atoms with van der Waals surface area (Å²) in [4.78, 5) is 0. The Labute approximate surface area is 114 Å². The molecule has 2 heterocycles. The molecule has 19 heavy (non-hydrogen) atoms. The maximum atomic E-state index is 9.62. The van der Waals surface area contributed by atoms with Crippen LogP contribution in [-0.2, 0) is 14.2 Å². The van der Waals surface area contributed by atoms with Crippen molar-refractivity contribution in [3.8, 4) is 0 Å². The summed E-state index contributed by atoms with van der Waals surface area (Å²) in [6.45, 7) is 2.85. The summed E-state index contributed by atoms with van der Waals surface area (Å²) in [7, 11) is 0. The van der Waals surface area contributed by atoms with Crippen LogP contribution in [0.2, 0.25) is 0 Å². The van der Waals surface area contributed by atoms with Gasteiger partial charge in [-0.1, -0.05) is 12.2 Å². The maximum absolute atomic E-state index is 9.62. The first-order valence-corrected chi connectivity index (χ1v) is 7.51. The molecule has 0 bridgehead atoms. The van der Waals surface area contributed by atoms with Gasteiger partial charge in [0, 0.05) is 25.4 Å². The van der Waals surface area contributed by atoms with E-state index in [4.69, 9.17) is 14.2 Å². The molecule has 0 radical (unpaired) electrons. The second-order valence-electron chi connectivity index (χ2n) is 5.84. The number of allylic oxidation sites excluding steroid dienone is 1. The van der Waals surface area contributed by atoms with Crippen LogP contribution in [0.3, 0.4) is 0 Å². The van der Waals surface area contributed by atoms with Crippen LogP contribution >= 0.6 is 0 Å². The highest BCUT2D eigenvalue weighted by atomic mass is 16.7. The highest BCUT2D eigenvalue weighted by molar-refractivity contribution is 5.05. The second-order valence-corrected chi connectivity index (χ2v) is 5.84. The number of hydrogen-bond acceptors (Lipinski definition) is 4. The Morgan fingerprint density at radius 2 is 2.16 bits per heavy atom. The molecule has 1 saturated carbocycles. The van der Waals surface area contributed by atoms with Crippen LogP contribution in [-0.4, -0.2) is 36.5 Å². The molecule has 3 rings (SSSR count). The van der Waals surface area contributed by atoms with Crippen molar-refractivity contribution in [2.75, 3.05) is 6.61 Å². The first-order valence-electron chi connectivity index (χ1n) is 7.51. The van der Waals surface area contributed by atoms with Gasteiger partial charge in [0.15, 0.2) is 12.6 Å².